The maximum atomic E-state index is 13.2. The van der Waals surface area contributed by atoms with Crippen molar-refractivity contribution >= 4 is 34.4 Å². The molecule has 0 aliphatic heterocycles. The van der Waals surface area contributed by atoms with Crippen LogP contribution in [0.2, 0.25) is 5.02 Å². The monoisotopic (exact) mass is 560 g/mol. The van der Waals surface area contributed by atoms with Gasteiger partial charge < -0.3 is 19.4 Å². The molecule has 0 saturated heterocycles. The second-order valence-corrected chi connectivity index (χ2v) is 11.0. The standard InChI is InChI=1S/C33H37ClN2O4/c1-19(2)25-9-8-10-26(16-25)21(4)35-32(37)27-12-14-30-28(17-27)20(3)22(5)36(30)18-24-11-13-29(34)31(15-24)40-23(6)33(38)39-7/h8-17,19,21,23H,18H2,1-7H3,(H,35,37). The molecular formula is C33H37ClN2O4. The SMILES string of the molecule is COC(=O)C(C)Oc1cc(Cn2c(C)c(C)c3cc(C(=O)NC(C)c4cccc(C(C)C)c4)ccc32)ccc1Cl. The Balaban J connectivity index is 1.57. The normalized spacial score (nSPS) is 12.8. The minimum atomic E-state index is -0.777. The number of amides is 1. The number of hydrogen-bond donors (Lipinski definition) is 1. The van der Waals surface area contributed by atoms with Gasteiger partial charge in [0.15, 0.2) is 6.10 Å². The number of hydrogen-bond acceptors (Lipinski definition) is 4. The number of fused-ring (bicyclic) bond motifs is 1. The molecule has 3 aromatic carbocycles. The number of aryl methyl sites for hydroxylation is 1. The molecule has 0 bridgehead atoms. The molecule has 1 N–H and O–H groups in total. The maximum Gasteiger partial charge on any atom is 0.346 e. The summed E-state index contributed by atoms with van der Waals surface area (Å²) >= 11 is 6.34. The molecule has 0 aliphatic carbocycles. The van der Waals surface area contributed by atoms with Gasteiger partial charge in [0.1, 0.15) is 5.75 Å². The highest BCUT2D eigenvalue weighted by Gasteiger charge is 2.19. The number of aromatic nitrogens is 1. The third-order valence-electron chi connectivity index (χ3n) is 7.50. The molecule has 6 nitrogen and oxygen atoms in total. The zero-order valence-corrected chi connectivity index (χ0v) is 24.9. The van der Waals surface area contributed by atoms with Crippen molar-refractivity contribution in [1.82, 2.24) is 9.88 Å². The Bertz CT molecular complexity index is 1560. The van der Waals surface area contributed by atoms with Gasteiger partial charge in [-0.2, -0.15) is 0 Å². The molecule has 2 unspecified atom stereocenters. The van der Waals surface area contributed by atoms with Crippen molar-refractivity contribution in [3.63, 3.8) is 0 Å². The first-order valence-electron chi connectivity index (χ1n) is 13.5. The predicted octanol–water partition coefficient (Wildman–Crippen LogP) is 7.51. The van der Waals surface area contributed by atoms with E-state index in [1.165, 1.54) is 12.7 Å². The second kappa shape index (κ2) is 12.2. The van der Waals surface area contributed by atoms with Gasteiger partial charge in [-0.05, 0) is 86.2 Å². The van der Waals surface area contributed by atoms with E-state index in [9.17, 15) is 9.59 Å². The van der Waals surface area contributed by atoms with Gasteiger partial charge in [0.2, 0.25) is 0 Å². The summed E-state index contributed by atoms with van der Waals surface area (Å²) in [5.41, 5.74) is 7.19. The highest BCUT2D eigenvalue weighted by molar-refractivity contribution is 6.32. The molecule has 4 rings (SSSR count). The van der Waals surface area contributed by atoms with Crippen molar-refractivity contribution in [2.45, 2.75) is 66.2 Å². The summed E-state index contributed by atoms with van der Waals surface area (Å²) in [5, 5.41) is 4.61. The van der Waals surface area contributed by atoms with Crippen LogP contribution in [0.15, 0.2) is 60.7 Å². The first kappa shape index (κ1) is 29.2. The van der Waals surface area contributed by atoms with Crippen molar-refractivity contribution < 1.29 is 19.1 Å². The van der Waals surface area contributed by atoms with E-state index < -0.39 is 12.1 Å². The fourth-order valence-electron chi connectivity index (χ4n) is 4.87. The largest absolute Gasteiger partial charge is 0.477 e. The summed E-state index contributed by atoms with van der Waals surface area (Å²) in [4.78, 5) is 25.1. The molecule has 0 radical (unpaired) electrons. The Morgan fingerprint density at radius 1 is 0.950 bits per heavy atom. The highest BCUT2D eigenvalue weighted by atomic mass is 35.5. The Labute approximate surface area is 241 Å². The number of rotatable bonds is 9. The number of esters is 1. The number of benzene rings is 3. The zero-order valence-electron chi connectivity index (χ0n) is 24.2. The van der Waals surface area contributed by atoms with Crippen LogP contribution in [0.25, 0.3) is 10.9 Å². The smallest absolute Gasteiger partial charge is 0.346 e. The van der Waals surface area contributed by atoms with Gasteiger partial charge in [-0.3, -0.25) is 4.79 Å². The minimum absolute atomic E-state index is 0.103. The Kier molecular flexibility index (Phi) is 8.89. The quantitative estimate of drug-likeness (QED) is 0.215. The average Bonchev–Trinajstić information content (AvgIpc) is 3.18. The predicted molar refractivity (Wildman–Crippen MR) is 160 cm³/mol. The van der Waals surface area contributed by atoms with Gasteiger partial charge >= 0.3 is 5.97 Å². The minimum Gasteiger partial charge on any atom is -0.477 e. The molecular weight excluding hydrogens is 524 g/mol. The summed E-state index contributed by atoms with van der Waals surface area (Å²) in [5.74, 6) is 0.279. The first-order valence-corrected chi connectivity index (χ1v) is 13.9. The van der Waals surface area contributed by atoms with Crippen LogP contribution < -0.4 is 10.1 Å². The van der Waals surface area contributed by atoms with Gasteiger partial charge in [-0.1, -0.05) is 55.8 Å². The fourth-order valence-corrected chi connectivity index (χ4v) is 5.03. The molecule has 40 heavy (non-hydrogen) atoms. The Hall–Kier alpha value is -3.77. The van der Waals surface area contributed by atoms with Crippen LogP contribution in [0.5, 0.6) is 5.75 Å². The van der Waals surface area contributed by atoms with E-state index in [0.717, 1.165) is 33.3 Å². The van der Waals surface area contributed by atoms with Crippen LogP contribution in [0.4, 0.5) is 0 Å². The van der Waals surface area contributed by atoms with E-state index in [4.69, 9.17) is 21.1 Å². The molecule has 1 heterocycles. The van der Waals surface area contributed by atoms with Crippen LogP contribution in [0, 0.1) is 13.8 Å². The summed E-state index contributed by atoms with van der Waals surface area (Å²) in [6.45, 7) is 12.7. The third-order valence-corrected chi connectivity index (χ3v) is 7.81. The molecule has 0 spiro atoms. The van der Waals surface area contributed by atoms with E-state index in [0.29, 0.717) is 28.8 Å². The van der Waals surface area contributed by atoms with Crippen LogP contribution in [0.3, 0.4) is 0 Å². The van der Waals surface area contributed by atoms with E-state index >= 15 is 0 Å². The number of nitrogens with zero attached hydrogens (tertiary/aromatic N) is 1. The average molecular weight is 561 g/mol. The molecule has 1 aromatic heterocycles. The van der Waals surface area contributed by atoms with Gasteiger partial charge in [0.05, 0.1) is 18.2 Å². The van der Waals surface area contributed by atoms with Crippen molar-refractivity contribution in [3.05, 3.63) is 99.2 Å². The summed E-state index contributed by atoms with van der Waals surface area (Å²) in [6, 6.07) is 19.7. The summed E-state index contributed by atoms with van der Waals surface area (Å²) in [6.07, 6.45) is -0.777. The van der Waals surface area contributed by atoms with Gasteiger partial charge in [-0.25, -0.2) is 4.79 Å². The van der Waals surface area contributed by atoms with E-state index in [1.54, 1.807) is 13.0 Å². The molecule has 7 heteroatoms. The second-order valence-electron chi connectivity index (χ2n) is 10.6. The van der Waals surface area contributed by atoms with Crippen LogP contribution in [-0.2, 0) is 16.1 Å². The molecule has 0 saturated carbocycles. The summed E-state index contributed by atoms with van der Waals surface area (Å²) < 4.78 is 12.7. The Morgan fingerprint density at radius 3 is 2.38 bits per heavy atom. The lowest BCUT2D eigenvalue weighted by Crippen LogP contribution is -2.26. The molecule has 210 valence electrons. The Morgan fingerprint density at radius 2 is 1.68 bits per heavy atom. The van der Waals surface area contributed by atoms with Crippen LogP contribution in [-0.4, -0.2) is 29.7 Å². The maximum absolute atomic E-state index is 13.2. The third kappa shape index (κ3) is 6.18. The number of methoxy groups -OCH3 is 1. The van der Waals surface area contributed by atoms with Crippen molar-refractivity contribution in [2.75, 3.05) is 7.11 Å². The van der Waals surface area contributed by atoms with Crippen molar-refractivity contribution in [2.24, 2.45) is 0 Å². The number of ether oxygens (including phenoxy) is 2. The van der Waals surface area contributed by atoms with Crippen LogP contribution >= 0.6 is 11.6 Å². The van der Waals surface area contributed by atoms with E-state index in [2.05, 4.69) is 55.8 Å². The van der Waals surface area contributed by atoms with E-state index in [1.807, 2.05) is 43.3 Å². The summed E-state index contributed by atoms with van der Waals surface area (Å²) in [7, 11) is 1.32. The van der Waals surface area contributed by atoms with Gasteiger partial charge in [0, 0.05) is 28.7 Å². The lowest BCUT2D eigenvalue weighted by Gasteiger charge is -2.17. The number of halogens is 1. The van der Waals surface area contributed by atoms with E-state index in [-0.39, 0.29) is 11.9 Å². The number of carbonyl (C=O) groups excluding carboxylic acids is 2. The zero-order chi connectivity index (χ0) is 29.1. The van der Waals surface area contributed by atoms with Crippen molar-refractivity contribution in [3.8, 4) is 5.75 Å². The van der Waals surface area contributed by atoms with Gasteiger partial charge in [0.25, 0.3) is 5.91 Å². The van der Waals surface area contributed by atoms with Gasteiger partial charge in [-0.15, -0.1) is 0 Å². The molecule has 0 aliphatic rings. The lowest BCUT2D eigenvalue weighted by molar-refractivity contribution is -0.147. The topological polar surface area (TPSA) is 69.6 Å². The van der Waals surface area contributed by atoms with Crippen LogP contribution in [0.1, 0.15) is 78.0 Å². The highest BCUT2D eigenvalue weighted by Crippen LogP contribution is 2.31. The lowest BCUT2D eigenvalue weighted by atomic mass is 9.98. The molecule has 1 amide bonds. The first-order chi connectivity index (χ1) is 19.0. The fraction of sp³-hybridized carbons (Fsp3) is 0.333. The molecule has 4 aromatic rings. The van der Waals surface area contributed by atoms with Crippen molar-refractivity contribution in [1.29, 1.82) is 0 Å². The molecule has 0 fully saturated rings. The number of nitrogens with one attached hydrogen (secondary N) is 1. The molecule has 2 atom stereocenters. The number of carbonyl (C=O) groups is 2.